The Hall–Kier alpha value is -3.33. The van der Waals surface area contributed by atoms with Crippen LogP contribution in [0.1, 0.15) is 31.7 Å². The number of benzene rings is 1. The van der Waals surface area contributed by atoms with Gasteiger partial charge in [-0.25, -0.2) is 4.98 Å². The smallest absolute Gasteiger partial charge is 0.229 e. The summed E-state index contributed by atoms with van der Waals surface area (Å²) in [6.45, 7) is 2.58. The van der Waals surface area contributed by atoms with Gasteiger partial charge in [0.25, 0.3) is 0 Å². The molecule has 10 heteroatoms. The molecule has 2 aromatic rings. The molecule has 0 spiro atoms. The van der Waals surface area contributed by atoms with Gasteiger partial charge in [0.15, 0.2) is 5.82 Å². The first-order chi connectivity index (χ1) is 17.8. The number of anilines is 4. The van der Waals surface area contributed by atoms with Crippen molar-refractivity contribution >= 4 is 46.6 Å². The molecule has 1 aliphatic heterocycles. The summed E-state index contributed by atoms with van der Waals surface area (Å²) in [7, 11) is 5.21. The van der Waals surface area contributed by atoms with Crippen LogP contribution in [0.2, 0.25) is 5.02 Å². The van der Waals surface area contributed by atoms with Gasteiger partial charge in [-0.15, -0.1) is 0 Å². The third-order valence-electron chi connectivity index (χ3n) is 7.64. The third-order valence-corrected chi connectivity index (χ3v) is 7.92. The van der Waals surface area contributed by atoms with Crippen LogP contribution in [0.15, 0.2) is 30.5 Å². The van der Waals surface area contributed by atoms with Gasteiger partial charge in [-0.1, -0.05) is 23.8 Å². The molecule has 5 rings (SSSR count). The fraction of sp³-hybridized carbons (Fsp3) is 0.481. The molecule has 4 unspecified atom stereocenters. The first-order valence-corrected chi connectivity index (χ1v) is 13.2. The van der Waals surface area contributed by atoms with Gasteiger partial charge in [-0.05, 0) is 50.2 Å². The maximum absolute atomic E-state index is 12.9. The molecule has 2 heterocycles. The number of aromatic nitrogens is 2. The number of nitrogens with zero attached hydrogens (tertiary/aromatic N) is 4. The number of nitrogens with one attached hydrogen (secondary N) is 2. The SMILES string of the molecule is CCN1C(=O)CCCc2c1ccc(Nc1ncc(Cl)c(NC3C4C=CC(C4)C3C(=O)N(C)C)n1)c2OC. The highest BCUT2D eigenvalue weighted by Gasteiger charge is 2.49. The molecule has 2 amide bonds. The number of halogens is 1. The lowest BCUT2D eigenvalue weighted by Gasteiger charge is -2.30. The van der Waals surface area contributed by atoms with Gasteiger partial charge in [0.1, 0.15) is 10.8 Å². The second-order valence-corrected chi connectivity index (χ2v) is 10.4. The molecule has 1 saturated carbocycles. The van der Waals surface area contributed by atoms with Gasteiger partial charge >= 0.3 is 0 Å². The van der Waals surface area contributed by atoms with Crippen LogP contribution in [0.4, 0.5) is 23.1 Å². The molecule has 4 atom stereocenters. The summed E-state index contributed by atoms with van der Waals surface area (Å²) < 4.78 is 5.81. The van der Waals surface area contributed by atoms with Crippen molar-refractivity contribution < 1.29 is 14.3 Å². The lowest BCUT2D eigenvalue weighted by molar-refractivity contribution is -0.134. The minimum atomic E-state index is -0.165. The Morgan fingerprint density at radius 3 is 2.76 bits per heavy atom. The molecule has 2 aliphatic carbocycles. The van der Waals surface area contributed by atoms with E-state index in [1.54, 1.807) is 32.3 Å². The van der Waals surface area contributed by atoms with Crippen LogP contribution in [0.3, 0.4) is 0 Å². The van der Waals surface area contributed by atoms with Crippen LogP contribution in [-0.4, -0.2) is 60.5 Å². The Morgan fingerprint density at radius 1 is 1.24 bits per heavy atom. The highest BCUT2D eigenvalue weighted by atomic mass is 35.5. The fourth-order valence-corrected chi connectivity index (χ4v) is 6.08. The lowest BCUT2D eigenvalue weighted by atomic mass is 9.87. The molecule has 3 aliphatic rings. The Bertz CT molecular complexity index is 1250. The largest absolute Gasteiger partial charge is 0.494 e. The number of amides is 2. The average Bonchev–Trinajstić information content (AvgIpc) is 3.44. The number of methoxy groups -OCH3 is 1. The van der Waals surface area contributed by atoms with E-state index in [-0.39, 0.29) is 35.6 Å². The summed E-state index contributed by atoms with van der Waals surface area (Å²) in [6, 6.07) is 3.74. The van der Waals surface area contributed by atoms with Crippen LogP contribution in [-0.2, 0) is 16.0 Å². The number of hydrogen-bond acceptors (Lipinski definition) is 7. The normalized spacial score (nSPS) is 24.0. The molecule has 2 bridgehead atoms. The maximum atomic E-state index is 12.9. The summed E-state index contributed by atoms with van der Waals surface area (Å²) in [5.74, 6) is 2.04. The van der Waals surface area contributed by atoms with Crippen molar-refractivity contribution in [2.24, 2.45) is 17.8 Å². The van der Waals surface area contributed by atoms with Gasteiger partial charge in [0.05, 0.1) is 30.6 Å². The quantitative estimate of drug-likeness (QED) is 0.522. The number of carbonyl (C=O) groups excluding carboxylic acids is 2. The first kappa shape index (κ1) is 25.3. The van der Waals surface area contributed by atoms with Crippen LogP contribution >= 0.6 is 11.6 Å². The zero-order valence-corrected chi connectivity index (χ0v) is 22.4. The summed E-state index contributed by atoms with van der Waals surface area (Å²) in [5.41, 5.74) is 2.59. The summed E-state index contributed by atoms with van der Waals surface area (Å²) in [5, 5.41) is 7.13. The van der Waals surface area contributed by atoms with Crippen LogP contribution in [0.5, 0.6) is 5.75 Å². The van der Waals surface area contributed by atoms with E-state index in [1.807, 2.05) is 24.0 Å². The molecular weight excluding hydrogens is 492 g/mol. The molecule has 37 heavy (non-hydrogen) atoms. The van der Waals surface area contributed by atoms with E-state index in [4.69, 9.17) is 16.3 Å². The van der Waals surface area contributed by atoms with E-state index in [9.17, 15) is 9.59 Å². The van der Waals surface area contributed by atoms with Crippen molar-refractivity contribution in [3.8, 4) is 5.75 Å². The Balaban J connectivity index is 1.42. The molecule has 1 aromatic carbocycles. The molecule has 9 nitrogen and oxygen atoms in total. The minimum Gasteiger partial charge on any atom is -0.494 e. The minimum absolute atomic E-state index is 0.0928. The highest BCUT2D eigenvalue weighted by molar-refractivity contribution is 6.32. The van der Waals surface area contributed by atoms with Crippen molar-refractivity contribution in [1.29, 1.82) is 0 Å². The summed E-state index contributed by atoms with van der Waals surface area (Å²) in [4.78, 5) is 38.0. The van der Waals surface area contributed by atoms with Crippen molar-refractivity contribution in [2.75, 3.05) is 43.3 Å². The van der Waals surface area contributed by atoms with E-state index in [0.717, 1.165) is 30.5 Å². The number of carbonyl (C=O) groups is 2. The number of hydrogen-bond donors (Lipinski definition) is 2. The Kier molecular flexibility index (Phi) is 6.98. The second kappa shape index (κ2) is 10.2. The molecule has 0 saturated heterocycles. The number of rotatable bonds is 7. The predicted molar refractivity (Wildman–Crippen MR) is 145 cm³/mol. The molecule has 0 radical (unpaired) electrons. The van der Waals surface area contributed by atoms with Crippen molar-refractivity contribution in [1.82, 2.24) is 14.9 Å². The van der Waals surface area contributed by atoms with Crippen LogP contribution < -0.4 is 20.3 Å². The van der Waals surface area contributed by atoms with Crippen molar-refractivity contribution in [3.05, 3.63) is 41.1 Å². The lowest BCUT2D eigenvalue weighted by Crippen LogP contribution is -2.43. The van der Waals surface area contributed by atoms with Crippen LogP contribution in [0, 0.1) is 17.8 Å². The molecule has 1 aromatic heterocycles. The topological polar surface area (TPSA) is 99.7 Å². The molecule has 2 N–H and O–H groups in total. The number of fused-ring (bicyclic) bond motifs is 3. The Labute approximate surface area is 222 Å². The maximum Gasteiger partial charge on any atom is 0.229 e. The summed E-state index contributed by atoms with van der Waals surface area (Å²) in [6.07, 6.45) is 8.85. The van der Waals surface area contributed by atoms with E-state index >= 15 is 0 Å². The second-order valence-electron chi connectivity index (χ2n) is 10.0. The van der Waals surface area contributed by atoms with Crippen molar-refractivity contribution in [3.63, 3.8) is 0 Å². The fourth-order valence-electron chi connectivity index (χ4n) is 5.94. The zero-order valence-electron chi connectivity index (χ0n) is 21.6. The summed E-state index contributed by atoms with van der Waals surface area (Å²) >= 11 is 6.50. The third kappa shape index (κ3) is 4.61. The van der Waals surface area contributed by atoms with Gasteiger partial charge in [-0.2, -0.15) is 4.98 Å². The monoisotopic (exact) mass is 524 g/mol. The molecular formula is C27H33ClN6O3. The molecule has 196 valence electrons. The first-order valence-electron chi connectivity index (χ1n) is 12.8. The molecule has 1 fully saturated rings. The van der Waals surface area contributed by atoms with E-state index < -0.39 is 0 Å². The number of allylic oxidation sites excluding steroid dienone is 1. The highest BCUT2D eigenvalue weighted by Crippen LogP contribution is 2.46. The number of ether oxygens (including phenoxy) is 1. The average molecular weight is 525 g/mol. The predicted octanol–water partition coefficient (Wildman–Crippen LogP) is 4.26. The van der Waals surface area contributed by atoms with Gasteiger partial charge < -0.3 is 25.2 Å². The van der Waals surface area contributed by atoms with E-state index in [1.165, 1.54) is 0 Å². The zero-order chi connectivity index (χ0) is 26.3. The van der Waals surface area contributed by atoms with E-state index in [2.05, 4.69) is 32.8 Å². The van der Waals surface area contributed by atoms with Gasteiger partial charge in [0, 0.05) is 38.7 Å². The van der Waals surface area contributed by atoms with Crippen LogP contribution in [0.25, 0.3) is 0 Å². The van der Waals surface area contributed by atoms with E-state index in [0.29, 0.717) is 41.2 Å². The van der Waals surface area contributed by atoms with Crippen molar-refractivity contribution in [2.45, 2.75) is 38.6 Å². The Morgan fingerprint density at radius 2 is 2.03 bits per heavy atom. The van der Waals surface area contributed by atoms with Gasteiger partial charge in [0.2, 0.25) is 17.8 Å². The van der Waals surface area contributed by atoms with Gasteiger partial charge in [-0.3, -0.25) is 9.59 Å². The standard InChI is InChI=1S/C27H33ClN6O3/c1-5-34-20-12-11-19(24(37-4)17(20)7-6-8-21(34)35)30-27-29-14-18(28)25(32-27)31-23-16-10-9-15(13-16)22(23)26(36)33(2)3/h9-12,14-16,22-23H,5-8,13H2,1-4H3,(H2,29,30,31,32).